The lowest BCUT2D eigenvalue weighted by atomic mass is 10.2. The van der Waals surface area contributed by atoms with Gasteiger partial charge in [0.2, 0.25) is 0 Å². The molecule has 1 fully saturated rings. The molecule has 0 radical (unpaired) electrons. The molecule has 0 saturated heterocycles. The summed E-state index contributed by atoms with van der Waals surface area (Å²) < 4.78 is 18.6. The summed E-state index contributed by atoms with van der Waals surface area (Å²) in [4.78, 5) is 4.14. The van der Waals surface area contributed by atoms with Crippen molar-refractivity contribution in [1.29, 1.82) is 0 Å². The lowest BCUT2D eigenvalue weighted by Crippen LogP contribution is -2.16. The summed E-state index contributed by atoms with van der Waals surface area (Å²) in [5.41, 5.74) is 0.229. The number of halogens is 2. The second-order valence-corrected chi connectivity index (χ2v) is 4.73. The van der Waals surface area contributed by atoms with Crippen LogP contribution in [-0.4, -0.2) is 16.2 Å². The summed E-state index contributed by atoms with van der Waals surface area (Å²) in [7, 11) is 0. The zero-order valence-electron chi connectivity index (χ0n) is 9.49. The van der Waals surface area contributed by atoms with Crippen LogP contribution in [-0.2, 0) is 6.54 Å². The summed E-state index contributed by atoms with van der Waals surface area (Å²) in [6, 6.07) is 4.80. The summed E-state index contributed by atoms with van der Waals surface area (Å²) in [6.07, 6.45) is 2.38. The van der Waals surface area contributed by atoms with E-state index in [1.54, 1.807) is 0 Å². The quantitative estimate of drug-likeness (QED) is 0.925. The van der Waals surface area contributed by atoms with Crippen molar-refractivity contribution in [2.45, 2.75) is 25.4 Å². The predicted molar refractivity (Wildman–Crippen MR) is 64.6 cm³/mol. The van der Waals surface area contributed by atoms with Gasteiger partial charge in [-0.2, -0.15) is 4.98 Å². The van der Waals surface area contributed by atoms with E-state index >= 15 is 0 Å². The average Bonchev–Trinajstić information content (AvgIpc) is 3.08. The van der Waals surface area contributed by atoms with Crippen LogP contribution < -0.4 is 5.32 Å². The molecule has 0 atom stereocenters. The molecule has 1 N–H and O–H groups in total. The van der Waals surface area contributed by atoms with Gasteiger partial charge in [-0.05, 0) is 31.0 Å². The maximum atomic E-state index is 13.6. The molecular weight excluding hydrogens is 257 g/mol. The van der Waals surface area contributed by atoms with E-state index in [0.29, 0.717) is 23.4 Å². The predicted octanol–water partition coefficient (Wildman–Crippen LogP) is 2.78. The van der Waals surface area contributed by atoms with Crippen LogP contribution in [0.25, 0.3) is 11.5 Å². The molecule has 1 aromatic carbocycles. The Hall–Kier alpha value is -1.46. The van der Waals surface area contributed by atoms with Crippen molar-refractivity contribution in [3.63, 3.8) is 0 Å². The van der Waals surface area contributed by atoms with E-state index in [9.17, 15) is 4.39 Å². The minimum absolute atomic E-state index is 0.155. The first kappa shape index (κ1) is 11.6. The lowest BCUT2D eigenvalue weighted by molar-refractivity contribution is 0.417. The van der Waals surface area contributed by atoms with E-state index in [1.165, 1.54) is 31.0 Å². The third-order valence-corrected chi connectivity index (χ3v) is 2.99. The number of hydrogen-bond donors (Lipinski definition) is 1. The number of aromatic nitrogens is 2. The first-order chi connectivity index (χ1) is 8.72. The van der Waals surface area contributed by atoms with Crippen LogP contribution in [0.2, 0.25) is 5.02 Å². The van der Waals surface area contributed by atoms with Gasteiger partial charge in [-0.15, -0.1) is 0 Å². The molecule has 18 heavy (non-hydrogen) atoms. The summed E-state index contributed by atoms with van der Waals surface area (Å²) in [5, 5.41) is 7.50. The molecule has 2 aromatic rings. The molecule has 1 saturated carbocycles. The monoisotopic (exact) mass is 267 g/mol. The van der Waals surface area contributed by atoms with Crippen LogP contribution in [0.1, 0.15) is 18.7 Å². The van der Waals surface area contributed by atoms with Gasteiger partial charge in [0.05, 0.1) is 12.1 Å². The fourth-order valence-electron chi connectivity index (χ4n) is 1.62. The second kappa shape index (κ2) is 4.66. The van der Waals surface area contributed by atoms with Gasteiger partial charge < -0.3 is 9.84 Å². The van der Waals surface area contributed by atoms with Gasteiger partial charge in [-0.3, -0.25) is 0 Å². The van der Waals surface area contributed by atoms with Gasteiger partial charge >= 0.3 is 0 Å². The summed E-state index contributed by atoms with van der Waals surface area (Å²) in [6.45, 7) is 0.538. The third kappa shape index (κ3) is 2.52. The minimum Gasteiger partial charge on any atom is -0.334 e. The van der Waals surface area contributed by atoms with Gasteiger partial charge in [-0.1, -0.05) is 16.8 Å². The van der Waals surface area contributed by atoms with Crippen molar-refractivity contribution >= 4 is 11.6 Å². The first-order valence-corrected chi connectivity index (χ1v) is 6.11. The molecule has 0 bridgehead atoms. The zero-order valence-corrected chi connectivity index (χ0v) is 10.2. The van der Waals surface area contributed by atoms with Crippen molar-refractivity contribution in [2.24, 2.45) is 0 Å². The van der Waals surface area contributed by atoms with Gasteiger partial charge in [0.1, 0.15) is 5.82 Å². The van der Waals surface area contributed by atoms with Crippen LogP contribution in [0.4, 0.5) is 4.39 Å². The minimum atomic E-state index is -0.426. The van der Waals surface area contributed by atoms with Crippen LogP contribution >= 0.6 is 11.6 Å². The fourth-order valence-corrected chi connectivity index (χ4v) is 1.79. The summed E-state index contributed by atoms with van der Waals surface area (Å²) in [5.74, 6) is 0.253. The largest absolute Gasteiger partial charge is 0.334 e. The van der Waals surface area contributed by atoms with Crippen LogP contribution in [0.15, 0.2) is 22.7 Å². The number of nitrogens with zero attached hydrogens (tertiary/aromatic N) is 2. The van der Waals surface area contributed by atoms with Gasteiger partial charge in [0.25, 0.3) is 5.89 Å². The standard InChI is InChI=1S/C12H11ClFN3O/c13-7-1-4-10(14)9(5-7)12-16-11(17-18-12)6-15-8-2-3-8/h1,4-5,8,15H,2-3,6H2. The van der Waals surface area contributed by atoms with E-state index in [2.05, 4.69) is 15.5 Å². The molecule has 0 spiro atoms. The average molecular weight is 268 g/mol. The van der Waals surface area contributed by atoms with Gasteiger partial charge in [0.15, 0.2) is 5.82 Å². The van der Waals surface area contributed by atoms with Crippen molar-refractivity contribution in [3.8, 4) is 11.5 Å². The molecule has 6 heteroatoms. The normalized spacial score (nSPS) is 15.0. The SMILES string of the molecule is Fc1ccc(Cl)cc1-c1nc(CNC2CC2)no1. The number of benzene rings is 1. The molecule has 0 unspecified atom stereocenters. The fraction of sp³-hybridized carbons (Fsp3) is 0.333. The molecular formula is C12H11ClFN3O. The molecule has 3 rings (SSSR count). The zero-order chi connectivity index (χ0) is 12.5. The highest BCUT2D eigenvalue weighted by Gasteiger charge is 2.21. The van der Waals surface area contributed by atoms with Gasteiger partial charge in [-0.25, -0.2) is 4.39 Å². The third-order valence-electron chi connectivity index (χ3n) is 2.75. The Bertz CT molecular complexity index is 568. The Balaban J connectivity index is 1.80. The van der Waals surface area contributed by atoms with E-state index in [1.807, 2.05) is 0 Å². The van der Waals surface area contributed by atoms with Crippen LogP contribution in [0, 0.1) is 5.82 Å². The van der Waals surface area contributed by atoms with E-state index in [0.717, 1.165) is 0 Å². The number of hydrogen-bond acceptors (Lipinski definition) is 4. The Kier molecular flexibility index (Phi) is 3.01. The maximum absolute atomic E-state index is 13.6. The molecule has 1 aromatic heterocycles. The highest BCUT2D eigenvalue weighted by atomic mass is 35.5. The molecule has 1 aliphatic carbocycles. The molecule has 4 nitrogen and oxygen atoms in total. The van der Waals surface area contributed by atoms with Crippen LogP contribution in [0.3, 0.4) is 0 Å². The Labute approximate surface area is 108 Å². The van der Waals surface area contributed by atoms with E-state index in [-0.39, 0.29) is 11.5 Å². The Morgan fingerprint density at radius 3 is 3.06 bits per heavy atom. The number of nitrogens with one attached hydrogen (secondary N) is 1. The van der Waals surface area contributed by atoms with E-state index in [4.69, 9.17) is 16.1 Å². The molecule has 1 heterocycles. The lowest BCUT2D eigenvalue weighted by Gasteiger charge is -1.97. The molecule has 0 aliphatic heterocycles. The highest BCUT2D eigenvalue weighted by Crippen LogP contribution is 2.25. The smallest absolute Gasteiger partial charge is 0.260 e. The van der Waals surface area contributed by atoms with Crippen molar-refractivity contribution in [2.75, 3.05) is 0 Å². The Morgan fingerprint density at radius 2 is 2.28 bits per heavy atom. The number of rotatable bonds is 4. The van der Waals surface area contributed by atoms with Crippen molar-refractivity contribution in [1.82, 2.24) is 15.5 Å². The maximum Gasteiger partial charge on any atom is 0.260 e. The first-order valence-electron chi connectivity index (χ1n) is 5.74. The van der Waals surface area contributed by atoms with E-state index < -0.39 is 5.82 Å². The molecule has 1 aliphatic rings. The van der Waals surface area contributed by atoms with Crippen molar-refractivity contribution in [3.05, 3.63) is 34.9 Å². The second-order valence-electron chi connectivity index (χ2n) is 4.30. The molecule has 94 valence electrons. The van der Waals surface area contributed by atoms with Crippen LogP contribution in [0.5, 0.6) is 0 Å². The van der Waals surface area contributed by atoms with Crippen molar-refractivity contribution < 1.29 is 8.91 Å². The Morgan fingerprint density at radius 1 is 1.44 bits per heavy atom. The van der Waals surface area contributed by atoms with Gasteiger partial charge in [0, 0.05) is 11.1 Å². The topological polar surface area (TPSA) is 51.0 Å². The summed E-state index contributed by atoms with van der Waals surface area (Å²) >= 11 is 5.82. The molecule has 0 amide bonds. The highest BCUT2D eigenvalue weighted by molar-refractivity contribution is 6.30.